The summed E-state index contributed by atoms with van der Waals surface area (Å²) in [5.74, 6) is -0.248. The van der Waals surface area contributed by atoms with Gasteiger partial charge in [-0.15, -0.1) is 13.2 Å². The van der Waals surface area contributed by atoms with E-state index in [2.05, 4.69) is 18.5 Å². The maximum atomic E-state index is 12.9. The van der Waals surface area contributed by atoms with Crippen LogP contribution in [0.3, 0.4) is 0 Å². The van der Waals surface area contributed by atoms with Crippen molar-refractivity contribution in [2.75, 3.05) is 38.0 Å². The Balaban J connectivity index is 2.15. The number of amides is 1. The second-order valence-corrected chi connectivity index (χ2v) is 8.74. The molecule has 8 heteroatoms. The third-order valence-electron chi connectivity index (χ3n) is 4.29. The number of hydrogen-bond acceptors (Lipinski definition) is 4. The molecule has 1 heterocycles. The molecule has 6 nitrogen and oxygen atoms in total. The molecule has 1 amide bonds. The zero-order valence-electron chi connectivity index (χ0n) is 15.4. The lowest BCUT2D eigenvalue weighted by Gasteiger charge is -2.26. The number of nitrogens with zero attached hydrogens (tertiary/aromatic N) is 2. The van der Waals surface area contributed by atoms with Crippen LogP contribution in [0.2, 0.25) is 5.02 Å². The number of nitrogens with one attached hydrogen (secondary N) is 1. The fraction of sp³-hybridized carbons (Fsp3) is 0.421. The number of piperidine rings is 1. The van der Waals surface area contributed by atoms with Crippen LogP contribution < -0.4 is 5.32 Å². The van der Waals surface area contributed by atoms with Gasteiger partial charge in [-0.2, -0.15) is 4.31 Å². The first-order valence-electron chi connectivity index (χ1n) is 8.92. The Labute approximate surface area is 166 Å². The first-order chi connectivity index (χ1) is 12.9. The van der Waals surface area contributed by atoms with Crippen LogP contribution in [0.4, 0.5) is 5.69 Å². The third kappa shape index (κ3) is 5.90. The van der Waals surface area contributed by atoms with Crippen LogP contribution >= 0.6 is 11.6 Å². The van der Waals surface area contributed by atoms with Gasteiger partial charge in [0.1, 0.15) is 4.90 Å². The van der Waals surface area contributed by atoms with Gasteiger partial charge in [0.05, 0.1) is 11.6 Å². The van der Waals surface area contributed by atoms with Gasteiger partial charge >= 0.3 is 0 Å². The van der Waals surface area contributed by atoms with E-state index in [1.165, 1.54) is 16.4 Å². The van der Waals surface area contributed by atoms with Crippen LogP contribution in [0.15, 0.2) is 48.4 Å². The number of hydrogen-bond donors (Lipinski definition) is 1. The van der Waals surface area contributed by atoms with Gasteiger partial charge in [-0.3, -0.25) is 9.69 Å². The molecular formula is C19H26ClN3O3S. The van der Waals surface area contributed by atoms with E-state index in [4.69, 9.17) is 11.6 Å². The van der Waals surface area contributed by atoms with Gasteiger partial charge in [0, 0.05) is 31.9 Å². The summed E-state index contributed by atoms with van der Waals surface area (Å²) in [7, 11) is -3.68. The van der Waals surface area contributed by atoms with Crippen molar-refractivity contribution in [2.24, 2.45) is 0 Å². The molecule has 1 aromatic carbocycles. The molecule has 2 rings (SSSR count). The number of carbonyl (C=O) groups is 1. The average molecular weight is 412 g/mol. The van der Waals surface area contributed by atoms with Crippen molar-refractivity contribution in [1.29, 1.82) is 0 Å². The van der Waals surface area contributed by atoms with Crippen molar-refractivity contribution in [1.82, 2.24) is 9.21 Å². The van der Waals surface area contributed by atoms with Crippen LogP contribution in [0.5, 0.6) is 0 Å². The Kier molecular flexibility index (Phi) is 8.04. The lowest BCUT2D eigenvalue weighted by Crippen LogP contribution is -2.36. The molecule has 0 spiro atoms. The Morgan fingerprint density at radius 3 is 2.41 bits per heavy atom. The number of rotatable bonds is 9. The highest BCUT2D eigenvalue weighted by Crippen LogP contribution is 2.29. The van der Waals surface area contributed by atoms with Crippen molar-refractivity contribution >= 4 is 33.2 Å². The Morgan fingerprint density at radius 2 is 1.81 bits per heavy atom. The van der Waals surface area contributed by atoms with E-state index in [1.807, 2.05) is 4.90 Å². The lowest BCUT2D eigenvalue weighted by atomic mass is 10.2. The molecule has 0 aliphatic carbocycles. The zero-order valence-corrected chi connectivity index (χ0v) is 16.9. The van der Waals surface area contributed by atoms with Crippen LogP contribution in [-0.4, -0.2) is 56.3 Å². The second-order valence-electron chi connectivity index (χ2n) is 6.43. The van der Waals surface area contributed by atoms with E-state index in [1.54, 1.807) is 18.2 Å². The van der Waals surface area contributed by atoms with Crippen LogP contribution in [0, 0.1) is 0 Å². The van der Waals surface area contributed by atoms with Gasteiger partial charge < -0.3 is 5.32 Å². The fourth-order valence-corrected chi connectivity index (χ4v) is 5.01. The highest BCUT2D eigenvalue weighted by Gasteiger charge is 2.28. The first kappa shape index (κ1) is 21.6. The van der Waals surface area contributed by atoms with Crippen molar-refractivity contribution in [3.05, 3.63) is 48.5 Å². The molecule has 0 saturated carbocycles. The van der Waals surface area contributed by atoms with Crippen molar-refractivity contribution in [3.8, 4) is 0 Å². The molecule has 0 aromatic heterocycles. The molecule has 0 unspecified atom stereocenters. The second kappa shape index (κ2) is 10.0. The lowest BCUT2D eigenvalue weighted by molar-refractivity contribution is -0.117. The summed E-state index contributed by atoms with van der Waals surface area (Å²) >= 11 is 6.15. The predicted molar refractivity (Wildman–Crippen MR) is 110 cm³/mol. The van der Waals surface area contributed by atoms with E-state index < -0.39 is 10.0 Å². The first-order valence-corrected chi connectivity index (χ1v) is 10.7. The monoisotopic (exact) mass is 411 g/mol. The number of benzene rings is 1. The highest BCUT2D eigenvalue weighted by atomic mass is 35.5. The molecule has 1 aliphatic heterocycles. The molecule has 1 saturated heterocycles. The molecule has 148 valence electrons. The standard InChI is InChI=1S/C19H26ClN3O3S/c1-3-10-22(11-4-2)15-19(24)21-16-8-9-17(20)18(14-16)27(25,26)23-12-6-5-7-13-23/h3-4,8-9,14H,1-2,5-7,10-13,15H2,(H,21,24). The van der Waals surface area contributed by atoms with E-state index in [0.29, 0.717) is 31.9 Å². The third-order valence-corrected chi connectivity index (χ3v) is 6.67. The minimum atomic E-state index is -3.68. The molecule has 0 bridgehead atoms. The summed E-state index contributed by atoms with van der Waals surface area (Å²) in [4.78, 5) is 14.2. The van der Waals surface area contributed by atoms with Crippen molar-refractivity contribution in [2.45, 2.75) is 24.2 Å². The topological polar surface area (TPSA) is 69.7 Å². The van der Waals surface area contributed by atoms with E-state index >= 15 is 0 Å². The maximum Gasteiger partial charge on any atom is 0.244 e. The maximum absolute atomic E-state index is 12.9. The van der Waals surface area contributed by atoms with E-state index in [0.717, 1.165) is 19.3 Å². The summed E-state index contributed by atoms with van der Waals surface area (Å²) < 4.78 is 27.2. The fourth-order valence-electron chi connectivity index (χ4n) is 3.00. The number of anilines is 1. The SMILES string of the molecule is C=CCN(CC=C)CC(=O)Nc1ccc(Cl)c(S(=O)(=O)N2CCCCC2)c1. The zero-order chi connectivity index (χ0) is 19.9. The summed E-state index contributed by atoms with van der Waals surface area (Å²) in [6.45, 7) is 9.58. The smallest absolute Gasteiger partial charge is 0.244 e. The Morgan fingerprint density at radius 1 is 1.19 bits per heavy atom. The summed E-state index contributed by atoms with van der Waals surface area (Å²) in [6.07, 6.45) is 6.14. The largest absolute Gasteiger partial charge is 0.325 e. The van der Waals surface area contributed by atoms with Gasteiger partial charge in [-0.05, 0) is 31.0 Å². The molecule has 1 aromatic rings. The number of halogens is 1. The normalized spacial score (nSPS) is 15.5. The molecule has 1 N–H and O–H groups in total. The van der Waals surface area contributed by atoms with E-state index in [9.17, 15) is 13.2 Å². The highest BCUT2D eigenvalue weighted by molar-refractivity contribution is 7.89. The molecule has 1 fully saturated rings. The van der Waals surface area contributed by atoms with Gasteiger partial charge in [0.15, 0.2) is 0 Å². The summed E-state index contributed by atoms with van der Waals surface area (Å²) in [5, 5.41) is 2.89. The molecule has 1 aliphatic rings. The molecular weight excluding hydrogens is 386 g/mol. The predicted octanol–water partition coefficient (Wildman–Crippen LogP) is 3.13. The quantitative estimate of drug-likeness (QED) is 0.634. The van der Waals surface area contributed by atoms with Crippen molar-refractivity contribution < 1.29 is 13.2 Å². The Bertz CT molecular complexity index is 779. The summed E-state index contributed by atoms with van der Waals surface area (Å²) in [6, 6.07) is 4.52. The van der Waals surface area contributed by atoms with Crippen LogP contribution in [0.25, 0.3) is 0 Å². The summed E-state index contributed by atoms with van der Waals surface area (Å²) in [5.41, 5.74) is 0.400. The van der Waals surface area contributed by atoms with Gasteiger partial charge in [-0.1, -0.05) is 30.2 Å². The van der Waals surface area contributed by atoms with E-state index in [-0.39, 0.29) is 22.4 Å². The Hall–Kier alpha value is -1.67. The van der Waals surface area contributed by atoms with Crippen LogP contribution in [0.1, 0.15) is 19.3 Å². The minimum Gasteiger partial charge on any atom is -0.325 e. The van der Waals surface area contributed by atoms with Gasteiger partial charge in [0.25, 0.3) is 0 Å². The average Bonchev–Trinajstić information content (AvgIpc) is 2.64. The molecule has 27 heavy (non-hydrogen) atoms. The molecule has 0 atom stereocenters. The van der Waals surface area contributed by atoms with Gasteiger partial charge in [-0.25, -0.2) is 8.42 Å². The molecule has 0 radical (unpaired) electrons. The van der Waals surface area contributed by atoms with Crippen LogP contribution in [-0.2, 0) is 14.8 Å². The van der Waals surface area contributed by atoms with Gasteiger partial charge in [0.2, 0.25) is 15.9 Å². The van der Waals surface area contributed by atoms with Crippen molar-refractivity contribution in [3.63, 3.8) is 0 Å². The minimum absolute atomic E-state index is 0.0258. The number of sulfonamides is 1. The number of carbonyl (C=O) groups excluding carboxylic acids is 1.